The van der Waals surface area contributed by atoms with E-state index >= 15 is 0 Å². The number of ether oxygens (including phenoxy) is 3. The van der Waals surface area contributed by atoms with Gasteiger partial charge in [0.25, 0.3) is 5.91 Å². The van der Waals surface area contributed by atoms with Crippen molar-refractivity contribution in [2.75, 3.05) is 43.4 Å². The first-order chi connectivity index (χ1) is 25.9. The minimum atomic E-state index is -0.463. The van der Waals surface area contributed by atoms with Gasteiger partial charge in [-0.15, -0.1) is 0 Å². The van der Waals surface area contributed by atoms with Gasteiger partial charge in [0, 0.05) is 73.9 Å². The van der Waals surface area contributed by atoms with Gasteiger partial charge in [0.15, 0.2) is 5.79 Å². The van der Waals surface area contributed by atoms with Crippen LogP contribution in [0, 0.1) is 0 Å². The number of rotatable bonds is 10. The summed E-state index contributed by atoms with van der Waals surface area (Å²) < 4.78 is 20.0. The van der Waals surface area contributed by atoms with Crippen LogP contribution in [0.15, 0.2) is 67.1 Å². The number of aromatic nitrogens is 3. The fourth-order valence-electron chi connectivity index (χ4n) is 8.90. The lowest BCUT2D eigenvalue weighted by Crippen LogP contribution is -2.47. The number of fused-ring (bicyclic) bond motifs is 1. The second-order valence-corrected chi connectivity index (χ2v) is 16.8. The molecule has 11 heteroatoms. The summed E-state index contributed by atoms with van der Waals surface area (Å²) in [6.07, 6.45) is 10.5. The van der Waals surface area contributed by atoms with E-state index in [9.17, 15) is 4.79 Å². The maximum Gasteiger partial charge on any atom is 0.255 e. The number of anilines is 2. The maximum absolute atomic E-state index is 13.4. The quantitative estimate of drug-likeness (QED) is 0.193. The van der Waals surface area contributed by atoms with Crippen LogP contribution in [0.5, 0.6) is 0 Å². The normalized spacial score (nSPS) is 23.9. The molecule has 5 heterocycles. The van der Waals surface area contributed by atoms with Crippen LogP contribution in [0.1, 0.15) is 81.3 Å². The van der Waals surface area contributed by atoms with Gasteiger partial charge in [-0.3, -0.25) is 9.48 Å². The van der Waals surface area contributed by atoms with E-state index in [0.717, 1.165) is 62.1 Å². The third-order valence-electron chi connectivity index (χ3n) is 11.8. The Morgan fingerprint density at radius 1 is 0.963 bits per heavy atom. The molecule has 4 aliphatic rings. The fourth-order valence-corrected chi connectivity index (χ4v) is 8.90. The molecule has 2 aromatic carbocycles. The molecule has 1 amide bonds. The first kappa shape index (κ1) is 36.7. The van der Waals surface area contributed by atoms with E-state index in [4.69, 9.17) is 19.9 Å². The third kappa shape index (κ3) is 7.77. The van der Waals surface area contributed by atoms with Crippen LogP contribution in [0.25, 0.3) is 22.3 Å². The van der Waals surface area contributed by atoms with Crippen molar-refractivity contribution < 1.29 is 19.0 Å². The lowest BCUT2D eigenvalue weighted by molar-refractivity contribution is -0.140. The lowest BCUT2D eigenvalue weighted by Gasteiger charge is -2.39. The summed E-state index contributed by atoms with van der Waals surface area (Å²) in [5.74, 6) is -0.482. The highest BCUT2D eigenvalue weighted by atomic mass is 16.7. The number of hydrogen-bond donors (Lipinski definition) is 2. The van der Waals surface area contributed by atoms with Crippen LogP contribution in [0.3, 0.4) is 0 Å². The highest BCUT2D eigenvalue weighted by molar-refractivity contribution is 5.99. The van der Waals surface area contributed by atoms with Crippen molar-refractivity contribution in [3.63, 3.8) is 0 Å². The van der Waals surface area contributed by atoms with Crippen LogP contribution in [0.2, 0.25) is 0 Å². The molecule has 2 saturated heterocycles. The fraction of sp³-hybridized carbons (Fsp3) is 0.512. The molecule has 1 unspecified atom stereocenters. The molecule has 286 valence electrons. The number of hydrogen-bond acceptors (Lipinski definition) is 9. The highest BCUT2D eigenvalue weighted by Gasteiger charge is 2.40. The second-order valence-electron chi connectivity index (χ2n) is 16.8. The topological polar surface area (TPSA) is 120 Å². The van der Waals surface area contributed by atoms with Crippen LogP contribution < -0.4 is 16.0 Å². The molecule has 1 saturated carbocycles. The Bertz CT molecular complexity index is 1970. The van der Waals surface area contributed by atoms with Crippen molar-refractivity contribution in [1.29, 1.82) is 0 Å². The minimum Gasteiger partial charge on any atom is -0.383 e. The molecule has 0 radical (unpaired) electrons. The smallest absolute Gasteiger partial charge is 0.255 e. The van der Waals surface area contributed by atoms with Crippen LogP contribution in [0.4, 0.5) is 11.5 Å². The van der Waals surface area contributed by atoms with Crippen molar-refractivity contribution in [3.8, 4) is 22.3 Å². The molecule has 3 atom stereocenters. The lowest BCUT2D eigenvalue weighted by atomic mass is 9.85. The number of likely N-dealkylation sites (tertiary alicyclic amines) is 1. The van der Waals surface area contributed by atoms with Crippen molar-refractivity contribution in [2.45, 2.75) is 102 Å². The van der Waals surface area contributed by atoms with Gasteiger partial charge in [0.1, 0.15) is 5.82 Å². The van der Waals surface area contributed by atoms with E-state index in [0.29, 0.717) is 24.8 Å². The maximum atomic E-state index is 13.4. The SMILES string of the molecule is Cn1cc(-c2cnc(N)c(C(=O)N[C@H]3CCC[C@@H]3OCc3ccc(-c4ccc5c(c4)C(C)(C)CN5C4CCN(CC5COC(C)(C)O5)CC4)cc3)c2)cn1. The van der Waals surface area contributed by atoms with E-state index in [-0.39, 0.29) is 35.4 Å². The van der Waals surface area contributed by atoms with Gasteiger partial charge in [0.05, 0.1) is 43.2 Å². The number of nitrogen functional groups attached to an aromatic ring is 1. The number of carbonyl (C=O) groups excluding carboxylic acids is 1. The summed E-state index contributed by atoms with van der Waals surface area (Å²) in [5, 5.41) is 7.42. The molecule has 11 nitrogen and oxygen atoms in total. The number of aryl methyl sites for hydroxylation is 1. The number of nitrogens with one attached hydrogen (secondary N) is 1. The van der Waals surface area contributed by atoms with E-state index in [1.807, 2.05) is 27.1 Å². The van der Waals surface area contributed by atoms with E-state index < -0.39 is 5.79 Å². The summed E-state index contributed by atoms with van der Waals surface area (Å²) in [7, 11) is 1.86. The van der Waals surface area contributed by atoms with Gasteiger partial charge in [-0.05, 0) is 86.4 Å². The standard InChI is InChI=1S/C43H55N7O4/c1-42(2)27-50(33-15-17-49(18-16-33)24-34-26-53-43(3,4)54-34)38-14-13-30(20-36(38)42)29-11-9-28(10-12-29)25-52-39-8-6-7-37(39)47-41(51)35-19-31(21-45-40(35)44)32-22-46-48(5)23-32/h9-14,19-23,33-34,37,39H,6-8,15-18,24-27H2,1-5H3,(H2,44,45)(H,47,51)/t34?,37-,39-/m0/s1. The summed E-state index contributed by atoms with van der Waals surface area (Å²) in [5.41, 5.74) is 14.7. The van der Waals surface area contributed by atoms with E-state index in [2.05, 4.69) is 81.5 Å². The number of benzene rings is 2. The highest BCUT2D eigenvalue weighted by Crippen LogP contribution is 2.44. The largest absolute Gasteiger partial charge is 0.383 e. The average Bonchev–Trinajstić information content (AvgIpc) is 3.94. The molecule has 3 fully saturated rings. The monoisotopic (exact) mass is 733 g/mol. The average molecular weight is 734 g/mol. The molecule has 1 aliphatic carbocycles. The number of piperidine rings is 1. The Kier molecular flexibility index (Phi) is 10.0. The molecule has 2 aromatic heterocycles. The van der Waals surface area contributed by atoms with Gasteiger partial charge in [0.2, 0.25) is 0 Å². The predicted octanol–water partition coefficient (Wildman–Crippen LogP) is 6.31. The molecule has 3 N–H and O–H groups in total. The van der Waals surface area contributed by atoms with E-state index in [1.165, 1.54) is 35.2 Å². The van der Waals surface area contributed by atoms with Gasteiger partial charge < -0.3 is 35.1 Å². The first-order valence-corrected chi connectivity index (χ1v) is 19.6. The zero-order valence-corrected chi connectivity index (χ0v) is 32.4. The molecule has 0 spiro atoms. The Morgan fingerprint density at radius 2 is 1.74 bits per heavy atom. The van der Waals surface area contributed by atoms with Crippen LogP contribution in [-0.4, -0.2) is 88.4 Å². The number of nitrogens with two attached hydrogens (primary N) is 1. The number of amides is 1. The number of pyridine rings is 1. The summed E-state index contributed by atoms with van der Waals surface area (Å²) in [4.78, 5) is 22.9. The summed E-state index contributed by atoms with van der Waals surface area (Å²) in [6, 6.07) is 18.0. The second kappa shape index (κ2) is 14.7. The van der Waals surface area contributed by atoms with Crippen LogP contribution in [-0.2, 0) is 33.3 Å². The van der Waals surface area contributed by atoms with Crippen molar-refractivity contribution in [1.82, 2.24) is 25.0 Å². The Labute approximate surface area is 319 Å². The molecule has 54 heavy (non-hydrogen) atoms. The molecule has 3 aliphatic heterocycles. The summed E-state index contributed by atoms with van der Waals surface area (Å²) in [6.45, 7) is 14.1. The van der Waals surface area contributed by atoms with Crippen molar-refractivity contribution in [3.05, 3.63) is 83.8 Å². The Hall–Kier alpha value is -4.29. The molecular formula is C43H55N7O4. The van der Waals surface area contributed by atoms with Gasteiger partial charge in [-0.1, -0.05) is 44.2 Å². The molecular weight excluding hydrogens is 679 g/mol. The van der Waals surface area contributed by atoms with Crippen molar-refractivity contribution in [2.24, 2.45) is 7.05 Å². The molecule has 0 bridgehead atoms. The van der Waals surface area contributed by atoms with Gasteiger partial charge in [-0.2, -0.15) is 5.10 Å². The number of nitrogens with zero attached hydrogens (tertiary/aromatic N) is 5. The van der Waals surface area contributed by atoms with Crippen LogP contribution >= 0.6 is 0 Å². The Morgan fingerprint density at radius 3 is 2.46 bits per heavy atom. The van der Waals surface area contributed by atoms with E-state index in [1.54, 1.807) is 23.1 Å². The zero-order valence-electron chi connectivity index (χ0n) is 32.4. The van der Waals surface area contributed by atoms with Crippen molar-refractivity contribution >= 4 is 17.4 Å². The summed E-state index contributed by atoms with van der Waals surface area (Å²) >= 11 is 0. The zero-order chi connectivity index (χ0) is 37.6. The Balaban J connectivity index is 0.862. The molecule has 4 aromatic rings. The first-order valence-electron chi connectivity index (χ1n) is 19.6. The van der Waals surface area contributed by atoms with Gasteiger partial charge in [-0.25, -0.2) is 4.98 Å². The minimum absolute atomic E-state index is 0.0678. The predicted molar refractivity (Wildman–Crippen MR) is 211 cm³/mol. The third-order valence-corrected chi connectivity index (χ3v) is 11.8. The number of carbonyl (C=O) groups is 1. The van der Waals surface area contributed by atoms with Gasteiger partial charge >= 0.3 is 0 Å². The molecule has 8 rings (SSSR count).